The molecule has 1 aliphatic carbocycles. The second kappa shape index (κ2) is 4.80. The summed E-state index contributed by atoms with van der Waals surface area (Å²) in [5.74, 6) is 0. The Morgan fingerprint density at radius 1 is 1.54 bits per heavy atom. The van der Waals surface area contributed by atoms with Crippen LogP contribution in [0.4, 0.5) is 0 Å². The molecule has 0 aromatic carbocycles. The molecule has 1 heteroatoms. The van der Waals surface area contributed by atoms with E-state index in [-0.39, 0.29) is 0 Å². The fraction of sp³-hybridized carbons (Fsp3) is 0.833. The minimum absolute atomic E-state index is 0.681. The van der Waals surface area contributed by atoms with Gasteiger partial charge in [-0.3, -0.25) is 4.90 Å². The van der Waals surface area contributed by atoms with E-state index >= 15 is 0 Å². The average Bonchev–Trinajstić information content (AvgIpc) is 2.04. The number of nitrogens with zero attached hydrogens (tertiary/aromatic N) is 1. The molecule has 0 N–H and O–H groups in total. The van der Waals surface area contributed by atoms with Gasteiger partial charge < -0.3 is 0 Å². The Morgan fingerprint density at radius 2 is 2.23 bits per heavy atom. The van der Waals surface area contributed by atoms with Crippen LogP contribution >= 0.6 is 0 Å². The molecule has 1 rings (SSSR count). The maximum atomic E-state index is 4.11. The van der Waals surface area contributed by atoms with Crippen molar-refractivity contribution in [1.82, 2.24) is 4.90 Å². The van der Waals surface area contributed by atoms with Crippen LogP contribution in [0.15, 0.2) is 12.2 Å². The molecule has 0 radical (unpaired) electrons. The van der Waals surface area contributed by atoms with Crippen molar-refractivity contribution in [2.24, 2.45) is 0 Å². The molecule has 13 heavy (non-hydrogen) atoms. The molecule has 0 aromatic heterocycles. The van der Waals surface area contributed by atoms with Gasteiger partial charge in [0.15, 0.2) is 0 Å². The molecule has 0 heterocycles. The maximum Gasteiger partial charge on any atom is 0.0135 e. The van der Waals surface area contributed by atoms with Gasteiger partial charge in [0, 0.05) is 12.1 Å². The predicted octanol–water partition coefficient (Wildman–Crippen LogP) is 3.22. The summed E-state index contributed by atoms with van der Waals surface area (Å²) in [6.07, 6.45) is 5.19. The minimum atomic E-state index is 0.681. The molecule has 1 aliphatic rings. The van der Waals surface area contributed by atoms with Crippen molar-refractivity contribution in [3.63, 3.8) is 0 Å². The van der Waals surface area contributed by atoms with Crippen LogP contribution in [0.2, 0.25) is 0 Å². The predicted molar refractivity (Wildman–Crippen MR) is 58.9 cm³/mol. The maximum absolute atomic E-state index is 4.11. The van der Waals surface area contributed by atoms with Gasteiger partial charge in [-0.05, 0) is 46.1 Å². The third-order valence-corrected chi connectivity index (χ3v) is 3.09. The number of rotatable bonds is 3. The fourth-order valence-corrected chi connectivity index (χ4v) is 2.45. The highest BCUT2D eigenvalue weighted by Crippen LogP contribution is 2.26. The molecule has 1 saturated carbocycles. The van der Waals surface area contributed by atoms with Crippen molar-refractivity contribution in [2.75, 3.05) is 6.54 Å². The highest BCUT2D eigenvalue weighted by molar-refractivity contribution is 5.02. The van der Waals surface area contributed by atoms with E-state index in [2.05, 4.69) is 32.3 Å². The Labute approximate surface area is 82.8 Å². The third-order valence-electron chi connectivity index (χ3n) is 3.09. The summed E-state index contributed by atoms with van der Waals surface area (Å²) in [5, 5.41) is 0. The highest BCUT2D eigenvalue weighted by atomic mass is 15.2. The molecule has 1 unspecified atom stereocenters. The van der Waals surface area contributed by atoms with Crippen LogP contribution in [0.25, 0.3) is 0 Å². The summed E-state index contributed by atoms with van der Waals surface area (Å²) < 4.78 is 0. The third kappa shape index (κ3) is 2.84. The topological polar surface area (TPSA) is 3.24 Å². The zero-order valence-corrected chi connectivity index (χ0v) is 9.34. The molecular formula is C12H23N. The zero-order valence-electron chi connectivity index (χ0n) is 9.34. The molecule has 0 aromatic rings. The lowest BCUT2D eigenvalue weighted by molar-refractivity contribution is 0.142. The van der Waals surface area contributed by atoms with Gasteiger partial charge in [-0.25, -0.2) is 0 Å². The summed E-state index contributed by atoms with van der Waals surface area (Å²) >= 11 is 0. The Bertz CT molecular complexity index is 172. The molecule has 0 saturated heterocycles. The molecular weight excluding hydrogens is 158 g/mol. The van der Waals surface area contributed by atoms with Crippen molar-refractivity contribution in [3.8, 4) is 0 Å². The molecule has 0 bridgehead atoms. The first kappa shape index (κ1) is 10.8. The first-order valence-corrected chi connectivity index (χ1v) is 5.57. The van der Waals surface area contributed by atoms with E-state index in [9.17, 15) is 0 Å². The number of hydrogen-bond donors (Lipinski definition) is 0. The van der Waals surface area contributed by atoms with Crippen LogP contribution < -0.4 is 0 Å². The van der Waals surface area contributed by atoms with E-state index in [1.54, 1.807) is 0 Å². The largest absolute Gasteiger partial charge is 0.298 e. The SMILES string of the molecule is C=C1CCCC(N(CC)C(C)C)C1. The second-order valence-electron chi connectivity index (χ2n) is 4.42. The Kier molecular flexibility index (Phi) is 3.98. The van der Waals surface area contributed by atoms with Crippen LogP contribution in [0.1, 0.15) is 46.5 Å². The zero-order chi connectivity index (χ0) is 9.84. The fourth-order valence-electron chi connectivity index (χ4n) is 2.45. The molecule has 76 valence electrons. The van der Waals surface area contributed by atoms with Crippen LogP contribution in [0, 0.1) is 0 Å². The summed E-state index contributed by atoms with van der Waals surface area (Å²) in [5.41, 5.74) is 1.45. The molecule has 1 nitrogen and oxygen atoms in total. The summed E-state index contributed by atoms with van der Waals surface area (Å²) in [6.45, 7) is 12.1. The van der Waals surface area contributed by atoms with E-state index in [1.807, 2.05) is 0 Å². The molecule has 0 amide bonds. The molecule has 1 atom stereocenters. The Hall–Kier alpha value is -0.300. The normalized spacial score (nSPS) is 24.4. The van der Waals surface area contributed by atoms with E-state index < -0.39 is 0 Å². The Morgan fingerprint density at radius 3 is 2.69 bits per heavy atom. The molecule has 0 spiro atoms. The van der Waals surface area contributed by atoms with Crippen molar-refractivity contribution in [3.05, 3.63) is 12.2 Å². The van der Waals surface area contributed by atoms with Gasteiger partial charge in [0.25, 0.3) is 0 Å². The van der Waals surface area contributed by atoms with Crippen LogP contribution in [0.3, 0.4) is 0 Å². The minimum Gasteiger partial charge on any atom is -0.298 e. The summed E-state index contributed by atoms with van der Waals surface area (Å²) in [6, 6.07) is 1.45. The van der Waals surface area contributed by atoms with E-state index in [1.165, 1.54) is 37.8 Å². The van der Waals surface area contributed by atoms with E-state index in [4.69, 9.17) is 0 Å². The van der Waals surface area contributed by atoms with Gasteiger partial charge in [-0.1, -0.05) is 19.1 Å². The summed E-state index contributed by atoms with van der Waals surface area (Å²) in [7, 11) is 0. The monoisotopic (exact) mass is 181 g/mol. The number of hydrogen-bond acceptors (Lipinski definition) is 1. The average molecular weight is 181 g/mol. The second-order valence-corrected chi connectivity index (χ2v) is 4.42. The van der Waals surface area contributed by atoms with Gasteiger partial charge in [0.2, 0.25) is 0 Å². The lowest BCUT2D eigenvalue weighted by Gasteiger charge is -2.37. The molecule has 0 aliphatic heterocycles. The standard InChI is InChI=1S/C12H23N/c1-5-13(10(2)3)12-8-6-7-11(4)9-12/h10,12H,4-9H2,1-3H3. The highest BCUT2D eigenvalue weighted by Gasteiger charge is 2.22. The van der Waals surface area contributed by atoms with Gasteiger partial charge in [0.1, 0.15) is 0 Å². The van der Waals surface area contributed by atoms with Crippen LogP contribution in [-0.4, -0.2) is 23.5 Å². The van der Waals surface area contributed by atoms with Gasteiger partial charge in [-0.2, -0.15) is 0 Å². The Balaban J connectivity index is 2.52. The quantitative estimate of drug-likeness (QED) is 0.604. The van der Waals surface area contributed by atoms with Gasteiger partial charge in [-0.15, -0.1) is 0 Å². The van der Waals surface area contributed by atoms with Gasteiger partial charge in [0.05, 0.1) is 0 Å². The van der Waals surface area contributed by atoms with Crippen molar-refractivity contribution in [1.29, 1.82) is 0 Å². The van der Waals surface area contributed by atoms with Gasteiger partial charge >= 0.3 is 0 Å². The lowest BCUT2D eigenvalue weighted by Crippen LogP contribution is -2.41. The first-order chi connectivity index (χ1) is 6.15. The van der Waals surface area contributed by atoms with Crippen LogP contribution in [-0.2, 0) is 0 Å². The van der Waals surface area contributed by atoms with E-state index in [0.29, 0.717) is 6.04 Å². The van der Waals surface area contributed by atoms with Crippen molar-refractivity contribution >= 4 is 0 Å². The molecule has 1 fully saturated rings. The van der Waals surface area contributed by atoms with Crippen molar-refractivity contribution in [2.45, 2.75) is 58.5 Å². The lowest BCUT2D eigenvalue weighted by atomic mass is 9.90. The summed E-state index contributed by atoms with van der Waals surface area (Å²) in [4.78, 5) is 2.60. The first-order valence-electron chi connectivity index (χ1n) is 5.57. The van der Waals surface area contributed by atoms with E-state index in [0.717, 1.165) is 6.04 Å². The smallest absolute Gasteiger partial charge is 0.0135 e. The van der Waals surface area contributed by atoms with Crippen molar-refractivity contribution < 1.29 is 0 Å². The van der Waals surface area contributed by atoms with Crippen LogP contribution in [0.5, 0.6) is 0 Å².